The first-order chi connectivity index (χ1) is 9.72. The Labute approximate surface area is 116 Å². The summed E-state index contributed by atoms with van der Waals surface area (Å²) in [6.07, 6.45) is 5.62. The summed E-state index contributed by atoms with van der Waals surface area (Å²) in [6, 6.07) is 12.0. The maximum atomic E-state index is 13.5. The molecule has 0 aliphatic heterocycles. The molecule has 0 radical (unpaired) electrons. The summed E-state index contributed by atoms with van der Waals surface area (Å²) < 4.78 is 28.4. The molecule has 1 aromatic heterocycles. The van der Waals surface area contributed by atoms with Crippen molar-refractivity contribution in [3.8, 4) is 0 Å². The first-order valence-corrected chi connectivity index (χ1v) is 6.71. The molecule has 0 aliphatic carbocycles. The lowest BCUT2D eigenvalue weighted by Gasteiger charge is -2.04. The standard InChI is InChI=1S/C17H15F2N/c18-16-8-7-13(17(19)10-16)6-3-9-20-11-14-4-1-2-5-15(14)12-20/h1-2,4-5,7-8,10-12H,3,6,9H2. The molecular formula is C17H15F2N. The van der Waals surface area contributed by atoms with Gasteiger partial charge in [0.1, 0.15) is 11.6 Å². The van der Waals surface area contributed by atoms with Crippen LogP contribution >= 0.6 is 0 Å². The van der Waals surface area contributed by atoms with Gasteiger partial charge in [0.2, 0.25) is 0 Å². The Hall–Kier alpha value is -2.16. The lowest BCUT2D eigenvalue weighted by molar-refractivity contribution is 0.562. The fourth-order valence-corrected chi connectivity index (χ4v) is 2.45. The van der Waals surface area contributed by atoms with Crippen LogP contribution in [-0.2, 0) is 13.0 Å². The van der Waals surface area contributed by atoms with Crippen LogP contribution in [0.2, 0.25) is 0 Å². The molecular weight excluding hydrogens is 256 g/mol. The smallest absolute Gasteiger partial charge is 0.129 e. The normalized spacial score (nSPS) is 11.1. The molecule has 1 nitrogen and oxygen atoms in total. The van der Waals surface area contributed by atoms with E-state index in [1.807, 2.05) is 12.1 Å². The Morgan fingerprint density at radius 1 is 0.900 bits per heavy atom. The molecule has 3 rings (SSSR count). The molecule has 3 heteroatoms. The van der Waals surface area contributed by atoms with E-state index in [0.717, 1.165) is 19.0 Å². The Morgan fingerprint density at radius 3 is 2.25 bits per heavy atom. The maximum absolute atomic E-state index is 13.5. The summed E-state index contributed by atoms with van der Waals surface area (Å²) >= 11 is 0. The van der Waals surface area contributed by atoms with Crippen LogP contribution in [0.15, 0.2) is 54.9 Å². The largest absolute Gasteiger partial charge is 0.353 e. The van der Waals surface area contributed by atoms with Crippen molar-refractivity contribution in [3.63, 3.8) is 0 Å². The minimum Gasteiger partial charge on any atom is -0.353 e. The predicted molar refractivity (Wildman–Crippen MR) is 76.6 cm³/mol. The molecule has 3 aromatic rings. The van der Waals surface area contributed by atoms with Crippen LogP contribution in [0.5, 0.6) is 0 Å². The van der Waals surface area contributed by atoms with Gasteiger partial charge in [-0.1, -0.05) is 30.3 Å². The van der Waals surface area contributed by atoms with Crippen molar-refractivity contribution >= 4 is 10.8 Å². The Balaban J connectivity index is 1.64. The van der Waals surface area contributed by atoms with Crippen LogP contribution in [0.3, 0.4) is 0 Å². The van der Waals surface area contributed by atoms with E-state index in [-0.39, 0.29) is 0 Å². The number of hydrogen-bond donors (Lipinski definition) is 0. The quantitative estimate of drug-likeness (QED) is 0.656. The first kappa shape index (κ1) is 12.9. The van der Waals surface area contributed by atoms with Crippen molar-refractivity contribution in [3.05, 3.63) is 72.1 Å². The molecule has 0 aliphatic rings. The molecule has 0 N–H and O–H groups in total. The monoisotopic (exact) mass is 271 g/mol. The van der Waals surface area contributed by atoms with Crippen molar-refractivity contribution in [2.24, 2.45) is 0 Å². The Kier molecular flexibility index (Phi) is 3.50. The fourth-order valence-electron chi connectivity index (χ4n) is 2.45. The first-order valence-electron chi connectivity index (χ1n) is 6.71. The van der Waals surface area contributed by atoms with Crippen LogP contribution < -0.4 is 0 Å². The Morgan fingerprint density at radius 2 is 1.60 bits per heavy atom. The van der Waals surface area contributed by atoms with E-state index in [1.54, 1.807) is 0 Å². The van der Waals surface area contributed by atoms with E-state index in [9.17, 15) is 8.78 Å². The van der Waals surface area contributed by atoms with Crippen LogP contribution in [0.1, 0.15) is 12.0 Å². The molecule has 20 heavy (non-hydrogen) atoms. The summed E-state index contributed by atoms with van der Waals surface area (Å²) in [5.41, 5.74) is 0.572. The lowest BCUT2D eigenvalue weighted by atomic mass is 10.1. The molecule has 0 fully saturated rings. The molecule has 0 amide bonds. The average Bonchev–Trinajstić information content (AvgIpc) is 2.84. The second-order valence-electron chi connectivity index (χ2n) is 4.96. The van der Waals surface area contributed by atoms with Crippen molar-refractivity contribution in [2.75, 3.05) is 0 Å². The van der Waals surface area contributed by atoms with E-state index in [2.05, 4.69) is 29.1 Å². The summed E-state index contributed by atoms with van der Waals surface area (Å²) in [4.78, 5) is 0. The molecule has 0 unspecified atom stereocenters. The van der Waals surface area contributed by atoms with Gasteiger partial charge in [-0.2, -0.15) is 0 Å². The minimum atomic E-state index is -0.525. The molecule has 0 saturated carbocycles. The fraction of sp³-hybridized carbons (Fsp3) is 0.176. The molecule has 0 atom stereocenters. The third-order valence-corrected chi connectivity index (χ3v) is 3.48. The van der Waals surface area contributed by atoms with Gasteiger partial charge in [-0.25, -0.2) is 8.78 Å². The summed E-state index contributed by atoms with van der Waals surface area (Å²) in [5, 5.41) is 2.42. The second-order valence-corrected chi connectivity index (χ2v) is 4.96. The van der Waals surface area contributed by atoms with Gasteiger partial charge in [-0.3, -0.25) is 0 Å². The van der Waals surface area contributed by atoms with Crippen LogP contribution in [-0.4, -0.2) is 4.57 Å². The SMILES string of the molecule is Fc1ccc(CCCn2cc3ccccc3c2)c(F)c1. The van der Waals surface area contributed by atoms with Gasteiger partial charge in [-0.05, 0) is 35.2 Å². The zero-order valence-corrected chi connectivity index (χ0v) is 11.0. The van der Waals surface area contributed by atoms with Crippen LogP contribution in [0.4, 0.5) is 8.78 Å². The van der Waals surface area contributed by atoms with Gasteiger partial charge >= 0.3 is 0 Å². The van der Waals surface area contributed by atoms with E-state index in [4.69, 9.17) is 0 Å². The van der Waals surface area contributed by atoms with E-state index in [1.165, 1.54) is 22.9 Å². The number of aryl methyl sites for hydroxylation is 2. The highest BCUT2D eigenvalue weighted by atomic mass is 19.1. The minimum absolute atomic E-state index is 0.456. The van der Waals surface area contributed by atoms with Gasteiger partial charge in [0.25, 0.3) is 0 Å². The third kappa shape index (κ3) is 2.72. The number of nitrogens with zero attached hydrogens (tertiary/aromatic N) is 1. The van der Waals surface area contributed by atoms with Gasteiger partial charge in [0, 0.05) is 25.0 Å². The van der Waals surface area contributed by atoms with E-state index < -0.39 is 11.6 Å². The molecule has 0 spiro atoms. The zero-order valence-electron chi connectivity index (χ0n) is 11.0. The Bertz CT molecular complexity index is 698. The number of rotatable bonds is 4. The van der Waals surface area contributed by atoms with Gasteiger partial charge in [-0.15, -0.1) is 0 Å². The number of hydrogen-bond acceptors (Lipinski definition) is 0. The number of aromatic nitrogens is 1. The predicted octanol–water partition coefficient (Wildman–Crippen LogP) is 4.55. The summed E-state index contributed by atoms with van der Waals surface area (Å²) in [6.45, 7) is 0.825. The van der Waals surface area contributed by atoms with Crippen molar-refractivity contribution in [1.29, 1.82) is 0 Å². The lowest BCUT2D eigenvalue weighted by Crippen LogP contribution is -1.98. The van der Waals surface area contributed by atoms with Gasteiger partial charge < -0.3 is 4.57 Å². The summed E-state index contributed by atoms with van der Waals surface area (Å²) in [5.74, 6) is -0.981. The molecule has 2 aromatic carbocycles. The number of fused-ring (bicyclic) bond motifs is 1. The molecule has 1 heterocycles. The van der Waals surface area contributed by atoms with Gasteiger partial charge in [0.05, 0.1) is 0 Å². The molecule has 0 bridgehead atoms. The van der Waals surface area contributed by atoms with Crippen LogP contribution in [0, 0.1) is 11.6 Å². The van der Waals surface area contributed by atoms with E-state index in [0.29, 0.717) is 12.0 Å². The highest BCUT2D eigenvalue weighted by Crippen LogP contribution is 2.16. The van der Waals surface area contributed by atoms with Crippen molar-refractivity contribution in [1.82, 2.24) is 4.57 Å². The highest BCUT2D eigenvalue weighted by Gasteiger charge is 2.04. The molecule has 0 saturated heterocycles. The third-order valence-electron chi connectivity index (χ3n) is 3.48. The number of benzene rings is 2. The van der Waals surface area contributed by atoms with Crippen LogP contribution in [0.25, 0.3) is 10.8 Å². The second kappa shape index (κ2) is 5.45. The van der Waals surface area contributed by atoms with Crippen molar-refractivity contribution < 1.29 is 8.78 Å². The maximum Gasteiger partial charge on any atom is 0.129 e. The van der Waals surface area contributed by atoms with E-state index >= 15 is 0 Å². The topological polar surface area (TPSA) is 4.93 Å². The average molecular weight is 271 g/mol. The highest BCUT2D eigenvalue weighted by molar-refractivity contribution is 5.81. The number of halogens is 2. The summed E-state index contributed by atoms with van der Waals surface area (Å²) in [7, 11) is 0. The van der Waals surface area contributed by atoms with Crippen molar-refractivity contribution in [2.45, 2.75) is 19.4 Å². The molecule has 102 valence electrons. The zero-order chi connectivity index (χ0) is 13.9. The van der Waals surface area contributed by atoms with Gasteiger partial charge in [0.15, 0.2) is 0 Å².